The van der Waals surface area contributed by atoms with E-state index in [0.29, 0.717) is 30.4 Å². The number of ether oxygens (including phenoxy) is 2. The lowest BCUT2D eigenvalue weighted by atomic mass is 10.1. The number of nitrogens with zero attached hydrogens (tertiary/aromatic N) is 1. The van der Waals surface area contributed by atoms with Crippen LogP contribution in [0.25, 0.3) is 0 Å². The maximum atomic E-state index is 12.0. The zero-order valence-corrected chi connectivity index (χ0v) is 12.6. The van der Waals surface area contributed by atoms with E-state index in [1.54, 1.807) is 19.1 Å². The number of amides is 1. The summed E-state index contributed by atoms with van der Waals surface area (Å²) in [6.45, 7) is 2.82. The minimum absolute atomic E-state index is 0.0859. The highest BCUT2D eigenvalue weighted by atomic mass is 16.6. The third kappa shape index (κ3) is 3.26. The van der Waals surface area contributed by atoms with Gasteiger partial charge < -0.3 is 14.6 Å². The van der Waals surface area contributed by atoms with Gasteiger partial charge in [-0.25, -0.2) is 5.43 Å². The van der Waals surface area contributed by atoms with Crippen molar-refractivity contribution in [3.8, 4) is 17.2 Å². The van der Waals surface area contributed by atoms with Crippen molar-refractivity contribution in [2.24, 2.45) is 5.10 Å². The molecule has 118 valence electrons. The van der Waals surface area contributed by atoms with Crippen LogP contribution in [0.3, 0.4) is 0 Å². The van der Waals surface area contributed by atoms with Crippen molar-refractivity contribution in [1.29, 1.82) is 0 Å². The molecular weight excluding hydrogens is 296 g/mol. The number of hydrogen-bond donors (Lipinski definition) is 2. The van der Waals surface area contributed by atoms with Gasteiger partial charge in [0.25, 0.3) is 5.91 Å². The van der Waals surface area contributed by atoms with Crippen molar-refractivity contribution < 1.29 is 19.4 Å². The fraction of sp³-hybridized carbons (Fsp3) is 0.176. The van der Waals surface area contributed by atoms with Crippen molar-refractivity contribution in [2.45, 2.75) is 6.92 Å². The van der Waals surface area contributed by atoms with E-state index in [1.807, 2.05) is 18.2 Å². The number of rotatable bonds is 3. The molecule has 0 radical (unpaired) electrons. The van der Waals surface area contributed by atoms with Gasteiger partial charge in [0.15, 0.2) is 11.5 Å². The highest BCUT2D eigenvalue weighted by Crippen LogP contribution is 2.30. The number of fused-ring (bicyclic) bond motifs is 1. The molecule has 0 atom stereocenters. The molecule has 6 heteroatoms. The molecule has 0 saturated heterocycles. The second-order valence-electron chi connectivity index (χ2n) is 5.01. The molecule has 0 aromatic heterocycles. The summed E-state index contributed by atoms with van der Waals surface area (Å²) in [6.07, 6.45) is 0. The average Bonchev–Trinajstić information content (AvgIpc) is 2.59. The van der Waals surface area contributed by atoms with Crippen LogP contribution in [0.4, 0.5) is 0 Å². The quantitative estimate of drug-likeness (QED) is 0.673. The Morgan fingerprint density at radius 2 is 1.87 bits per heavy atom. The summed E-state index contributed by atoms with van der Waals surface area (Å²) >= 11 is 0. The number of phenolic OH excluding ortho intramolecular Hbond substituents is 1. The van der Waals surface area contributed by atoms with Crippen molar-refractivity contribution in [3.05, 3.63) is 53.6 Å². The standard InChI is InChI=1S/C17H16N2O4/c1-11(12-6-7-15-16(10-12)23-9-8-22-15)18-19-17(21)13-4-2-3-5-14(13)20/h2-7,10,20H,8-9H2,1H3,(H,19,21). The second kappa shape index (κ2) is 6.39. The lowest BCUT2D eigenvalue weighted by Gasteiger charge is -2.18. The summed E-state index contributed by atoms with van der Waals surface area (Å²) in [5, 5.41) is 13.7. The van der Waals surface area contributed by atoms with Crippen LogP contribution < -0.4 is 14.9 Å². The van der Waals surface area contributed by atoms with Gasteiger partial charge in [-0.15, -0.1) is 0 Å². The minimum atomic E-state index is -0.472. The first kappa shape index (κ1) is 14.9. The fourth-order valence-corrected chi connectivity index (χ4v) is 2.19. The molecule has 1 aliphatic heterocycles. The normalized spacial score (nSPS) is 13.5. The number of aromatic hydroxyl groups is 1. The topological polar surface area (TPSA) is 80.2 Å². The number of hydrazone groups is 1. The average molecular weight is 312 g/mol. The first-order valence-electron chi connectivity index (χ1n) is 7.18. The zero-order valence-electron chi connectivity index (χ0n) is 12.6. The number of nitrogens with one attached hydrogen (secondary N) is 1. The van der Waals surface area contributed by atoms with E-state index in [2.05, 4.69) is 10.5 Å². The van der Waals surface area contributed by atoms with Crippen LogP contribution in [0, 0.1) is 0 Å². The molecule has 0 bridgehead atoms. The van der Waals surface area contributed by atoms with Crippen LogP contribution in [0.15, 0.2) is 47.6 Å². The Labute approximate surface area is 133 Å². The predicted molar refractivity (Wildman–Crippen MR) is 85.2 cm³/mol. The van der Waals surface area contributed by atoms with E-state index in [-0.39, 0.29) is 11.3 Å². The molecule has 0 aliphatic carbocycles. The molecule has 23 heavy (non-hydrogen) atoms. The Bertz CT molecular complexity index is 771. The summed E-state index contributed by atoms with van der Waals surface area (Å²) in [4.78, 5) is 12.0. The second-order valence-corrected chi connectivity index (χ2v) is 5.01. The van der Waals surface area contributed by atoms with Crippen LogP contribution in [0.1, 0.15) is 22.8 Å². The molecule has 0 saturated carbocycles. The van der Waals surface area contributed by atoms with Gasteiger partial charge in [0.2, 0.25) is 0 Å². The van der Waals surface area contributed by atoms with Gasteiger partial charge >= 0.3 is 0 Å². The predicted octanol–water partition coefficient (Wildman–Crippen LogP) is 2.32. The van der Waals surface area contributed by atoms with Gasteiger partial charge in [-0.1, -0.05) is 12.1 Å². The van der Waals surface area contributed by atoms with Gasteiger partial charge in [0.1, 0.15) is 19.0 Å². The van der Waals surface area contributed by atoms with Crippen LogP contribution >= 0.6 is 0 Å². The smallest absolute Gasteiger partial charge is 0.275 e. The maximum Gasteiger partial charge on any atom is 0.275 e. The SMILES string of the molecule is CC(=NNC(=O)c1ccccc1O)c1ccc2c(c1)OCCO2. The monoisotopic (exact) mass is 312 g/mol. The molecule has 1 amide bonds. The summed E-state index contributed by atoms with van der Waals surface area (Å²) in [7, 11) is 0. The zero-order chi connectivity index (χ0) is 16.2. The van der Waals surface area contributed by atoms with Crippen molar-refractivity contribution in [2.75, 3.05) is 13.2 Å². The number of benzene rings is 2. The molecule has 1 heterocycles. The molecule has 0 unspecified atom stereocenters. The van der Waals surface area contributed by atoms with Gasteiger partial charge in [0, 0.05) is 5.56 Å². The lowest BCUT2D eigenvalue weighted by Crippen LogP contribution is -2.19. The van der Waals surface area contributed by atoms with E-state index in [1.165, 1.54) is 12.1 Å². The van der Waals surface area contributed by atoms with Crippen LogP contribution in [-0.2, 0) is 0 Å². The Morgan fingerprint density at radius 3 is 2.65 bits per heavy atom. The van der Waals surface area contributed by atoms with E-state index < -0.39 is 5.91 Å². The first-order valence-corrected chi connectivity index (χ1v) is 7.18. The Balaban J connectivity index is 1.75. The number of hydrogen-bond acceptors (Lipinski definition) is 5. The number of carbonyl (C=O) groups excluding carboxylic acids is 1. The summed E-state index contributed by atoms with van der Waals surface area (Å²) in [5.74, 6) is 0.804. The van der Waals surface area contributed by atoms with Crippen molar-refractivity contribution in [3.63, 3.8) is 0 Å². The van der Waals surface area contributed by atoms with Gasteiger partial charge in [-0.2, -0.15) is 5.10 Å². The third-order valence-electron chi connectivity index (χ3n) is 3.43. The van der Waals surface area contributed by atoms with Crippen LogP contribution in [0.5, 0.6) is 17.2 Å². The van der Waals surface area contributed by atoms with Gasteiger partial charge in [-0.3, -0.25) is 4.79 Å². The van der Waals surface area contributed by atoms with E-state index >= 15 is 0 Å². The van der Waals surface area contributed by atoms with Crippen LogP contribution in [0.2, 0.25) is 0 Å². The number of para-hydroxylation sites is 1. The molecule has 3 rings (SSSR count). The highest BCUT2D eigenvalue weighted by molar-refractivity contribution is 6.01. The molecule has 6 nitrogen and oxygen atoms in total. The van der Waals surface area contributed by atoms with Gasteiger partial charge in [0.05, 0.1) is 11.3 Å². The molecule has 2 aromatic carbocycles. The van der Waals surface area contributed by atoms with Crippen LogP contribution in [-0.4, -0.2) is 29.9 Å². The van der Waals surface area contributed by atoms with E-state index in [9.17, 15) is 9.90 Å². The van der Waals surface area contributed by atoms with Crippen molar-refractivity contribution >= 4 is 11.6 Å². The number of phenols is 1. The molecule has 2 aromatic rings. The van der Waals surface area contributed by atoms with E-state index in [4.69, 9.17) is 9.47 Å². The Hall–Kier alpha value is -3.02. The molecule has 0 spiro atoms. The van der Waals surface area contributed by atoms with E-state index in [0.717, 1.165) is 5.56 Å². The number of carbonyl (C=O) groups is 1. The molecule has 0 fully saturated rings. The highest BCUT2D eigenvalue weighted by Gasteiger charge is 2.13. The van der Waals surface area contributed by atoms with Gasteiger partial charge in [-0.05, 0) is 37.3 Å². The lowest BCUT2D eigenvalue weighted by molar-refractivity contribution is 0.0952. The van der Waals surface area contributed by atoms with Crippen molar-refractivity contribution in [1.82, 2.24) is 5.43 Å². The molecule has 2 N–H and O–H groups in total. The largest absolute Gasteiger partial charge is 0.507 e. The summed E-state index contributed by atoms with van der Waals surface area (Å²) in [6, 6.07) is 11.8. The summed E-state index contributed by atoms with van der Waals surface area (Å²) < 4.78 is 11.0. The third-order valence-corrected chi connectivity index (χ3v) is 3.43. The fourth-order valence-electron chi connectivity index (χ4n) is 2.19. The first-order chi connectivity index (χ1) is 11.1. The Kier molecular flexibility index (Phi) is 4.14. The molecule has 1 aliphatic rings. The Morgan fingerprint density at radius 1 is 1.13 bits per heavy atom. The molecular formula is C17H16N2O4. The maximum absolute atomic E-state index is 12.0. The minimum Gasteiger partial charge on any atom is -0.507 e. The summed E-state index contributed by atoms with van der Waals surface area (Å²) in [5.41, 5.74) is 4.04.